The molecule has 5 aromatic rings. The number of rotatable bonds is 7. The molecule has 1 aliphatic carbocycles. The number of imidazole rings is 1. The van der Waals surface area contributed by atoms with Crippen molar-refractivity contribution in [2.24, 2.45) is 5.92 Å². The molecular formula is C26H27N7O3S. The molecule has 1 aromatic carbocycles. The molecule has 4 aromatic heterocycles. The van der Waals surface area contributed by atoms with Crippen molar-refractivity contribution >= 4 is 39.0 Å². The number of anilines is 2. The summed E-state index contributed by atoms with van der Waals surface area (Å²) in [5.41, 5.74) is 4.06. The van der Waals surface area contributed by atoms with E-state index in [1.807, 2.05) is 66.2 Å². The van der Waals surface area contributed by atoms with Crippen LogP contribution in [0.2, 0.25) is 0 Å². The first kappa shape index (κ1) is 23.7. The van der Waals surface area contributed by atoms with Crippen LogP contribution in [-0.2, 0) is 6.54 Å². The van der Waals surface area contributed by atoms with Crippen molar-refractivity contribution < 1.29 is 15.3 Å². The van der Waals surface area contributed by atoms with E-state index in [1.54, 1.807) is 11.3 Å². The molecule has 1 fully saturated rings. The van der Waals surface area contributed by atoms with Crippen molar-refractivity contribution in [3.8, 4) is 10.6 Å². The van der Waals surface area contributed by atoms with Gasteiger partial charge >= 0.3 is 0 Å². The first-order chi connectivity index (χ1) is 18.0. The minimum Gasteiger partial charge on any atom is -0.396 e. The fraction of sp³-hybridized carbons (Fsp3) is 0.308. The average molecular weight is 518 g/mol. The highest BCUT2D eigenvalue weighted by molar-refractivity contribution is 7.21. The van der Waals surface area contributed by atoms with Gasteiger partial charge in [-0.2, -0.15) is 4.98 Å². The molecule has 5 N–H and O–H groups in total. The first-order valence-electron chi connectivity index (χ1n) is 12.1. The minimum atomic E-state index is -1.04. The summed E-state index contributed by atoms with van der Waals surface area (Å²) in [5.74, 6) is 0.515. The van der Waals surface area contributed by atoms with Crippen molar-refractivity contribution in [3.63, 3.8) is 0 Å². The number of aliphatic hydroxyl groups excluding tert-OH is 3. The van der Waals surface area contributed by atoms with Gasteiger partial charge in [0.15, 0.2) is 0 Å². The van der Waals surface area contributed by atoms with E-state index in [0.29, 0.717) is 24.7 Å². The van der Waals surface area contributed by atoms with Gasteiger partial charge in [-0.05, 0) is 37.6 Å². The molecule has 1 saturated carbocycles. The molecule has 0 aliphatic heterocycles. The summed E-state index contributed by atoms with van der Waals surface area (Å²) >= 11 is 1.55. The van der Waals surface area contributed by atoms with Gasteiger partial charge in [0.2, 0.25) is 5.95 Å². The second-order valence-electron chi connectivity index (χ2n) is 9.31. The Labute approximate surface area is 216 Å². The van der Waals surface area contributed by atoms with Crippen LogP contribution in [0, 0.1) is 12.8 Å². The lowest BCUT2D eigenvalue weighted by Gasteiger charge is -2.21. The Morgan fingerprint density at radius 1 is 1.03 bits per heavy atom. The van der Waals surface area contributed by atoms with E-state index >= 15 is 0 Å². The van der Waals surface area contributed by atoms with Crippen molar-refractivity contribution in [2.45, 2.75) is 38.1 Å². The molecule has 0 bridgehead atoms. The third-order valence-electron chi connectivity index (χ3n) is 6.80. The van der Waals surface area contributed by atoms with Gasteiger partial charge < -0.3 is 30.4 Å². The molecule has 190 valence electrons. The number of aliphatic hydroxyl groups is 3. The fourth-order valence-corrected chi connectivity index (χ4v) is 5.92. The number of para-hydroxylation sites is 1. The number of fused-ring (bicyclic) bond motifs is 2. The fourth-order valence-electron chi connectivity index (χ4n) is 4.86. The smallest absolute Gasteiger partial charge is 0.225 e. The van der Waals surface area contributed by atoms with Gasteiger partial charge in [0.25, 0.3) is 0 Å². The van der Waals surface area contributed by atoms with E-state index in [4.69, 9.17) is 15.0 Å². The SMILES string of the molecule is Cc1nc(NCc2cn3ccccc3n2)nc(N[C@@H]2C[C@H](CO)[C@@H](O)[C@H]2O)c1-c1nc2ccccc2s1. The van der Waals surface area contributed by atoms with E-state index in [1.165, 1.54) is 0 Å². The zero-order chi connectivity index (χ0) is 25.5. The first-order valence-corrected chi connectivity index (χ1v) is 13.0. The molecule has 4 heterocycles. The lowest BCUT2D eigenvalue weighted by molar-refractivity contribution is 0.00446. The minimum absolute atomic E-state index is 0.199. The Morgan fingerprint density at radius 3 is 2.65 bits per heavy atom. The second-order valence-corrected chi connectivity index (χ2v) is 10.3. The number of aromatic nitrogens is 5. The molecule has 10 nitrogen and oxygen atoms in total. The number of pyridine rings is 1. The van der Waals surface area contributed by atoms with E-state index in [0.717, 1.165) is 37.8 Å². The number of aryl methyl sites for hydroxylation is 1. The summed E-state index contributed by atoms with van der Waals surface area (Å²) in [6.07, 6.45) is 2.26. The normalized spacial score (nSPS) is 21.6. The predicted octanol–water partition coefficient (Wildman–Crippen LogP) is 2.84. The van der Waals surface area contributed by atoms with Crippen LogP contribution in [0.25, 0.3) is 26.4 Å². The molecule has 0 radical (unpaired) electrons. The van der Waals surface area contributed by atoms with E-state index in [2.05, 4.69) is 15.6 Å². The topological polar surface area (TPSA) is 141 Å². The lowest BCUT2D eigenvalue weighted by Crippen LogP contribution is -2.35. The van der Waals surface area contributed by atoms with E-state index in [-0.39, 0.29) is 6.61 Å². The van der Waals surface area contributed by atoms with Crippen molar-refractivity contribution in [3.05, 3.63) is 66.2 Å². The maximum Gasteiger partial charge on any atom is 0.225 e. The van der Waals surface area contributed by atoms with Crippen LogP contribution in [0.5, 0.6) is 0 Å². The molecule has 11 heteroatoms. The Bertz CT molecular complexity index is 1500. The summed E-state index contributed by atoms with van der Waals surface area (Å²) in [7, 11) is 0. The monoisotopic (exact) mass is 517 g/mol. The average Bonchev–Trinajstić information content (AvgIpc) is 3.58. The summed E-state index contributed by atoms with van der Waals surface area (Å²) in [5, 5.41) is 38.0. The number of hydrogen-bond donors (Lipinski definition) is 5. The van der Waals surface area contributed by atoms with Gasteiger partial charge in [0.05, 0.1) is 45.9 Å². The maximum atomic E-state index is 10.6. The molecule has 0 saturated heterocycles. The van der Waals surface area contributed by atoms with Crippen LogP contribution < -0.4 is 10.6 Å². The highest BCUT2D eigenvalue weighted by Crippen LogP contribution is 2.38. The molecule has 0 unspecified atom stereocenters. The van der Waals surface area contributed by atoms with Crippen LogP contribution in [0.15, 0.2) is 54.9 Å². The zero-order valence-electron chi connectivity index (χ0n) is 20.1. The van der Waals surface area contributed by atoms with Crippen LogP contribution >= 0.6 is 11.3 Å². The number of nitrogens with one attached hydrogen (secondary N) is 2. The van der Waals surface area contributed by atoms with Crippen LogP contribution in [0.3, 0.4) is 0 Å². The Balaban J connectivity index is 1.35. The van der Waals surface area contributed by atoms with Crippen molar-refractivity contribution in [2.75, 3.05) is 17.2 Å². The number of hydrogen-bond acceptors (Lipinski definition) is 10. The highest BCUT2D eigenvalue weighted by Gasteiger charge is 2.41. The molecular weight excluding hydrogens is 490 g/mol. The summed E-state index contributed by atoms with van der Waals surface area (Å²) in [4.78, 5) is 18.9. The van der Waals surface area contributed by atoms with Crippen LogP contribution in [0.1, 0.15) is 17.8 Å². The van der Waals surface area contributed by atoms with Crippen LogP contribution in [-0.4, -0.2) is 64.5 Å². The molecule has 0 spiro atoms. The number of benzene rings is 1. The number of thiazole rings is 1. The van der Waals surface area contributed by atoms with Gasteiger partial charge in [-0.3, -0.25) is 0 Å². The summed E-state index contributed by atoms with van der Waals surface area (Å²) in [6.45, 7) is 2.13. The summed E-state index contributed by atoms with van der Waals surface area (Å²) in [6, 6.07) is 13.3. The van der Waals surface area contributed by atoms with Crippen LogP contribution in [0.4, 0.5) is 11.8 Å². The quantitative estimate of drug-likeness (QED) is 0.220. The third kappa shape index (κ3) is 4.51. The molecule has 4 atom stereocenters. The largest absolute Gasteiger partial charge is 0.396 e. The molecule has 1 aliphatic rings. The van der Waals surface area contributed by atoms with Gasteiger partial charge in [-0.25, -0.2) is 15.0 Å². The van der Waals surface area contributed by atoms with E-state index < -0.39 is 24.2 Å². The van der Waals surface area contributed by atoms with Crippen molar-refractivity contribution in [1.82, 2.24) is 24.3 Å². The third-order valence-corrected chi connectivity index (χ3v) is 7.85. The van der Waals surface area contributed by atoms with Gasteiger partial charge in [-0.15, -0.1) is 11.3 Å². The standard InChI is InChI=1S/C26H27N7O3S/c1-14-21(25-31-17-6-2-3-7-19(17)37-25)24(30-18-10-15(13-34)22(35)23(18)36)32-26(28-14)27-11-16-12-33-9-5-4-8-20(33)29-16/h2-9,12,15,18,22-23,34-36H,10-11,13H2,1H3,(H2,27,28,30,32)/t15-,18-,22-,23+/m1/s1. The Hall–Kier alpha value is -3.64. The van der Waals surface area contributed by atoms with E-state index in [9.17, 15) is 15.3 Å². The molecule has 6 rings (SSSR count). The molecule has 37 heavy (non-hydrogen) atoms. The zero-order valence-corrected chi connectivity index (χ0v) is 20.9. The Morgan fingerprint density at radius 2 is 1.86 bits per heavy atom. The second kappa shape index (κ2) is 9.67. The number of nitrogens with zero attached hydrogens (tertiary/aromatic N) is 5. The summed E-state index contributed by atoms with van der Waals surface area (Å²) < 4.78 is 3.00. The maximum absolute atomic E-state index is 10.6. The molecule has 0 amide bonds. The lowest BCUT2D eigenvalue weighted by atomic mass is 10.1. The van der Waals surface area contributed by atoms with Gasteiger partial charge in [0, 0.05) is 24.9 Å². The van der Waals surface area contributed by atoms with Crippen molar-refractivity contribution in [1.29, 1.82) is 0 Å². The van der Waals surface area contributed by atoms with Gasteiger partial charge in [0.1, 0.15) is 22.6 Å². The predicted molar refractivity (Wildman–Crippen MR) is 143 cm³/mol. The van der Waals surface area contributed by atoms with Gasteiger partial charge in [-0.1, -0.05) is 18.2 Å². The highest BCUT2D eigenvalue weighted by atomic mass is 32.1. The Kier molecular flexibility index (Phi) is 6.21.